The molecule has 0 unspecified atom stereocenters. The van der Waals surface area contributed by atoms with Crippen LogP contribution in [0.25, 0.3) is 0 Å². The van der Waals surface area contributed by atoms with Gasteiger partial charge in [0.25, 0.3) is 10.0 Å². The summed E-state index contributed by atoms with van der Waals surface area (Å²) >= 11 is 0. The van der Waals surface area contributed by atoms with Gasteiger partial charge in [-0.2, -0.15) is 10.1 Å². The normalized spacial score (nSPS) is 11.4. The number of carboxylic acids is 1. The Hall–Kier alpha value is -2.43. The first-order valence-electron chi connectivity index (χ1n) is 5.44. The Kier molecular flexibility index (Phi) is 3.70. The van der Waals surface area contributed by atoms with Crippen molar-refractivity contribution in [3.8, 4) is 0 Å². The second kappa shape index (κ2) is 5.28. The van der Waals surface area contributed by atoms with Crippen LogP contribution in [0.4, 0.5) is 6.01 Å². The molecule has 0 radical (unpaired) electrons. The van der Waals surface area contributed by atoms with Crippen LogP contribution in [0.1, 0.15) is 12.2 Å². The minimum Gasteiger partial charge on any atom is -0.481 e. The molecule has 0 aliphatic heterocycles. The number of hydrogen-bond donors (Lipinski definition) is 2. The summed E-state index contributed by atoms with van der Waals surface area (Å²) in [7, 11) is -3.89. The van der Waals surface area contributed by atoms with Crippen LogP contribution in [0.3, 0.4) is 0 Å². The molecule has 0 aliphatic rings. The first-order chi connectivity index (χ1) is 9.37. The molecule has 0 spiro atoms. The Labute approximate surface area is 113 Å². The maximum Gasteiger partial charge on any atom is 0.335 e. The number of carbonyl (C=O) groups is 1. The van der Waals surface area contributed by atoms with Gasteiger partial charge in [0.15, 0.2) is 5.82 Å². The Morgan fingerprint density at radius 3 is 2.90 bits per heavy atom. The minimum atomic E-state index is -3.89. The van der Waals surface area contributed by atoms with E-state index in [1.165, 1.54) is 10.9 Å². The van der Waals surface area contributed by atoms with E-state index in [2.05, 4.69) is 24.5 Å². The van der Waals surface area contributed by atoms with Crippen molar-refractivity contribution in [1.82, 2.24) is 19.9 Å². The Morgan fingerprint density at radius 2 is 2.30 bits per heavy atom. The number of aliphatic carboxylic acids is 1. The lowest BCUT2D eigenvalue weighted by Gasteiger charge is -2.00. The molecule has 10 nitrogen and oxygen atoms in total. The Morgan fingerprint density at radius 1 is 1.55 bits per heavy atom. The summed E-state index contributed by atoms with van der Waals surface area (Å²) in [5, 5.41) is 15.8. The predicted octanol–water partition coefficient (Wildman–Crippen LogP) is -0.150. The number of anilines is 1. The van der Waals surface area contributed by atoms with E-state index in [-0.39, 0.29) is 23.9 Å². The van der Waals surface area contributed by atoms with E-state index in [4.69, 9.17) is 5.11 Å². The fourth-order valence-electron chi connectivity index (χ4n) is 1.33. The standard InChI is InChI=1S/C9H11N5O5S/c1-6-11-9(19-12-6)13-20(17,18)7-4-10-14(5-7)3-2-8(15)16/h4-5H,2-3H2,1H3,(H,15,16)(H,11,12,13). The van der Waals surface area contributed by atoms with Crippen LogP contribution in [-0.4, -0.2) is 39.4 Å². The van der Waals surface area contributed by atoms with Gasteiger partial charge in [0.05, 0.1) is 19.2 Å². The Balaban J connectivity index is 2.11. The van der Waals surface area contributed by atoms with Gasteiger partial charge in [-0.25, -0.2) is 13.1 Å². The number of aryl methyl sites for hydroxylation is 2. The van der Waals surface area contributed by atoms with Gasteiger partial charge in [-0.05, 0) is 6.92 Å². The van der Waals surface area contributed by atoms with Crippen molar-refractivity contribution in [1.29, 1.82) is 0 Å². The fraction of sp³-hybridized carbons (Fsp3) is 0.333. The van der Waals surface area contributed by atoms with Crippen LogP contribution >= 0.6 is 0 Å². The van der Waals surface area contributed by atoms with Crippen molar-refractivity contribution in [2.24, 2.45) is 0 Å². The minimum absolute atomic E-state index is 0.0739. The van der Waals surface area contributed by atoms with Crippen LogP contribution in [0.5, 0.6) is 0 Å². The van der Waals surface area contributed by atoms with Crippen molar-refractivity contribution in [3.63, 3.8) is 0 Å². The van der Waals surface area contributed by atoms with Crippen molar-refractivity contribution >= 4 is 22.0 Å². The van der Waals surface area contributed by atoms with Gasteiger partial charge >= 0.3 is 12.0 Å². The lowest BCUT2D eigenvalue weighted by atomic mass is 10.4. The molecule has 2 rings (SSSR count). The molecule has 2 aromatic rings. The molecule has 2 aromatic heterocycles. The summed E-state index contributed by atoms with van der Waals surface area (Å²) in [6.45, 7) is 1.62. The number of sulfonamides is 1. The summed E-state index contributed by atoms with van der Waals surface area (Å²) in [6, 6.07) is -0.249. The third kappa shape index (κ3) is 3.32. The van der Waals surface area contributed by atoms with Gasteiger partial charge in [0.1, 0.15) is 4.90 Å². The third-order valence-electron chi connectivity index (χ3n) is 2.22. The average molecular weight is 301 g/mol. The van der Waals surface area contributed by atoms with Crippen LogP contribution in [-0.2, 0) is 21.4 Å². The summed E-state index contributed by atoms with van der Waals surface area (Å²) in [5.41, 5.74) is 0. The van der Waals surface area contributed by atoms with Gasteiger partial charge in [-0.3, -0.25) is 9.48 Å². The van der Waals surface area contributed by atoms with Gasteiger partial charge in [0, 0.05) is 6.20 Å². The van der Waals surface area contributed by atoms with Crippen molar-refractivity contribution in [3.05, 3.63) is 18.2 Å². The summed E-state index contributed by atoms with van der Waals surface area (Å²) in [5.74, 6) is -0.704. The monoisotopic (exact) mass is 301 g/mol. The lowest BCUT2D eigenvalue weighted by Crippen LogP contribution is -2.12. The maximum absolute atomic E-state index is 12.0. The average Bonchev–Trinajstić information content (AvgIpc) is 2.95. The summed E-state index contributed by atoms with van der Waals surface area (Å²) in [4.78, 5) is 14.0. The van der Waals surface area contributed by atoms with Crippen LogP contribution < -0.4 is 4.72 Å². The number of rotatable bonds is 6. The largest absolute Gasteiger partial charge is 0.481 e. The molecule has 0 amide bonds. The predicted molar refractivity (Wildman–Crippen MR) is 64.3 cm³/mol. The topological polar surface area (TPSA) is 140 Å². The fourth-order valence-corrected chi connectivity index (χ4v) is 2.21. The van der Waals surface area contributed by atoms with E-state index in [0.29, 0.717) is 5.82 Å². The molecule has 0 aliphatic carbocycles. The lowest BCUT2D eigenvalue weighted by molar-refractivity contribution is -0.137. The van der Waals surface area contributed by atoms with E-state index >= 15 is 0 Å². The highest BCUT2D eigenvalue weighted by Gasteiger charge is 2.19. The zero-order chi connectivity index (χ0) is 14.8. The van der Waals surface area contributed by atoms with E-state index in [1.54, 1.807) is 6.92 Å². The first-order valence-corrected chi connectivity index (χ1v) is 6.92. The molecule has 108 valence electrons. The van der Waals surface area contributed by atoms with Crippen LogP contribution in [0.15, 0.2) is 21.8 Å². The van der Waals surface area contributed by atoms with Crippen molar-refractivity contribution in [2.75, 3.05) is 4.72 Å². The third-order valence-corrected chi connectivity index (χ3v) is 3.50. The molecule has 2 N–H and O–H groups in total. The number of hydrogen-bond acceptors (Lipinski definition) is 7. The zero-order valence-electron chi connectivity index (χ0n) is 10.3. The highest BCUT2D eigenvalue weighted by Crippen LogP contribution is 2.13. The second-order valence-electron chi connectivity index (χ2n) is 3.84. The molecule has 0 bridgehead atoms. The van der Waals surface area contributed by atoms with E-state index in [9.17, 15) is 13.2 Å². The highest BCUT2D eigenvalue weighted by atomic mass is 32.2. The molecule has 20 heavy (non-hydrogen) atoms. The van der Waals surface area contributed by atoms with Gasteiger partial charge in [-0.15, -0.1) is 0 Å². The van der Waals surface area contributed by atoms with E-state index < -0.39 is 16.0 Å². The number of aromatic nitrogens is 4. The summed E-state index contributed by atoms with van der Waals surface area (Å²) < 4.78 is 31.9. The Bertz CT molecular complexity index is 719. The molecule has 2 heterocycles. The van der Waals surface area contributed by atoms with Gasteiger partial charge in [0.2, 0.25) is 0 Å². The number of nitrogens with zero attached hydrogens (tertiary/aromatic N) is 4. The first kappa shape index (κ1) is 14.0. The van der Waals surface area contributed by atoms with Gasteiger partial charge in [-0.1, -0.05) is 5.16 Å². The highest BCUT2D eigenvalue weighted by molar-refractivity contribution is 7.92. The zero-order valence-corrected chi connectivity index (χ0v) is 11.2. The molecule has 0 saturated carbocycles. The van der Waals surface area contributed by atoms with Crippen LogP contribution in [0, 0.1) is 6.92 Å². The number of carboxylic acid groups (broad SMARTS) is 1. The summed E-state index contributed by atoms with van der Waals surface area (Å²) in [6.07, 6.45) is 2.17. The second-order valence-corrected chi connectivity index (χ2v) is 5.52. The molecule has 0 fully saturated rings. The quantitative estimate of drug-likeness (QED) is 0.750. The molecule has 11 heteroatoms. The molecule has 0 aromatic carbocycles. The number of nitrogens with one attached hydrogen (secondary N) is 1. The van der Waals surface area contributed by atoms with E-state index in [1.807, 2.05) is 0 Å². The van der Waals surface area contributed by atoms with Crippen LogP contribution in [0.2, 0.25) is 0 Å². The SMILES string of the molecule is Cc1noc(NS(=O)(=O)c2cnn(CCC(=O)O)c2)n1. The smallest absolute Gasteiger partial charge is 0.335 e. The van der Waals surface area contributed by atoms with Gasteiger partial charge < -0.3 is 9.63 Å². The molecule has 0 atom stereocenters. The maximum atomic E-state index is 12.0. The molecular formula is C9H11N5O5S. The van der Waals surface area contributed by atoms with E-state index in [0.717, 1.165) is 6.20 Å². The molecular weight excluding hydrogens is 290 g/mol. The molecule has 0 saturated heterocycles. The van der Waals surface area contributed by atoms with Crippen molar-refractivity contribution in [2.45, 2.75) is 24.8 Å². The van der Waals surface area contributed by atoms with Crippen molar-refractivity contribution < 1.29 is 22.8 Å².